The van der Waals surface area contributed by atoms with Gasteiger partial charge in [-0.15, -0.1) is 0 Å². The molecule has 1 fully saturated rings. The van der Waals surface area contributed by atoms with Gasteiger partial charge in [-0.05, 0) is 36.2 Å². The average molecular weight is 339 g/mol. The molecule has 1 aromatic carbocycles. The summed E-state index contributed by atoms with van der Waals surface area (Å²) in [6, 6.07) is 8.73. The number of sulfonamides is 1. The summed E-state index contributed by atoms with van der Waals surface area (Å²) in [7, 11) is -3.55. The van der Waals surface area contributed by atoms with Crippen molar-refractivity contribution in [3.63, 3.8) is 0 Å². The molecule has 116 valence electrons. The third-order valence-corrected chi connectivity index (χ3v) is 5.92. The smallest absolute Gasteiger partial charge is 0.268 e. The van der Waals surface area contributed by atoms with E-state index in [4.69, 9.17) is 11.6 Å². The maximum atomic E-state index is 12.6. The van der Waals surface area contributed by atoms with E-state index >= 15 is 0 Å². The second-order valence-electron chi connectivity index (χ2n) is 5.47. The van der Waals surface area contributed by atoms with Gasteiger partial charge in [-0.1, -0.05) is 18.5 Å². The number of amides is 1. The number of nitrogens with zero attached hydrogens (tertiary/aromatic N) is 2. The molecule has 0 N–H and O–H groups in total. The maximum Gasteiger partial charge on any atom is 0.268 e. The Hall–Kier alpha value is -1.79. The van der Waals surface area contributed by atoms with E-state index in [2.05, 4.69) is 0 Å². The van der Waals surface area contributed by atoms with E-state index in [1.54, 1.807) is 18.2 Å². The van der Waals surface area contributed by atoms with Crippen LogP contribution in [0.15, 0.2) is 42.7 Å². The minimum atomic E-state index is -3.55. The second-order valence-corrected chi connectivity index (χ2v) is 7.82. The number of hydrogen-bond donors (Lipinski definition) is 0. The molecule has 1 atom stereocenters. The zero-order valence-corrected chi connectivity index (χ0v) is 13.5. The lowest BCUT2D eigenvalue weighted by atomic mass is 10.1. The molecule has 1 aliphatic heterocycles. The Labute approximate surface area is 134 Å². The molecule has 1 unspecified atom stereocenters. The van der Waals surface area contributed by atoms with E-state index in [9.17, 15) is 13.2 Å². The number of benzene rings is 1. The van der Waals surface area contributed by atoms with Crippen LogP contribution < -0.4 is 0 Å². The molecule has 1 aromatic heterocycles. The van der Waals surface area contributed by atoms with Crippen molar-refractivity contribution in [3.8, 4) is 5.69 Å². The summed E-state index contributed by atoms with van der Waals surface area (Å²) in [5, 5.41) is 0.246. The van der Waals surface area contributed by atoms with Crippen molar-refractivity contribution in [2.45, 2.75) is 6.92 Å². The topological polar surface area (TPSA) is 59.4 Å². The Morgan fingerprint density at radius 1 is 1.27 bits per heavy atom. The first-order valence-electron chi connectivity index (χ1n) is 6.86. The molecule has 7 heteroatoms. The fourth-order valence-electron chi connectivity index (χ4n) is 2.59. The SMILES string of the molecule is CC1CN(C(=O)c2cc(-n3cccc3)ccc2Cl)S(=O)(=O)C1. The van der Waals surface area contributed by atoms with Gasteiger partial charge in [0.2, 0.25) is 10.0 Å². The number of aromatic nitrogens is 1. The van der Waals surface area contributed by atoms with Crippen LogP contribution in [0.2, 0.25) is 5.02 Å². The van der Waals surface area contributed by atoms with Crippen LogP contribution in [0.25, 0.3) is 5.69 Å². The summed E-state index contributed by atoms with van der Waals surface area (Å²) in [4.78, 5) is 12.6. The van der Waals surface area contributed by atoms with E-state index in [-0.39, 0.29) is 28.8 Å². The number of carbonyl (C=O) groups excluding carboxylic acids is 1. The molecule has 0 spiro atoms. The molecular formula is C15H15ClN2O3S. The predicted octanol–water partition coefficient (Wildman–Crippen LogP) is 2.55. The lowest BCUT2D eigenvalue weighted by molar-refractivity contribution is 0.0863. The zero-order chi connectivity index (χ0) is 15.9. The van der Waals surface area contributed by atoms with Crippen LogP contribution in [0.3, 0.4) is 0 Å². The van der Waals surface area contributed by atoms with Crippen LogP contribution in [0.5, 0.6) is 0 Å². The molecule has 2 aromatic rings. The highest BCUT2D eigenvalue weighted by atomic mass is 35.5. The van der Waals surface area contributed by atoms with Crippen LogP contribution >= 0.6 is 11.6 Å². The summed E-state index contributed by atoms with van der Waals surface area (Å²) in [5.74, 6) is -0.642. The second kappa shape index (κ2) is 5.44. The van der Waals surface area contributed by atoms with Crippen LogP contribution in [0, 0.1) is 5.92 Å². The highest BCUT2D eigenvalue weighted by Crippen LogP contribution is 2.26. The number of rotatable bonds is 2. The largest absolute Gasteiger partial charge is 0.324 e. The molecule has 5 nitrogen and oxygen atoms in total. The summed E-state index contributed by atoms with van der Waals surface area (Å²) in [5.41, 5.74) is 0.952. The molecule has 0 radical (unpaired) electrons. The summed E-state index contributed by atoms with van der Waals surface area (Å²) in [6.07, 6.45) is 3.68. The molecule has 0 bridgehead atoms. The monoisotopic (exact) mass is 338 g/mol. The van der Waals surface area contributed by atoms with E-state index in [0.29, 0.717) is 0 Å². The van der Waals surface area contributed by atoms with Gasteiger partial charge in [0.1, 0.15) is 0 Å². The Balaban J connectivity index is 2.01. The maximum absolute atomic E-state index is 12.6. The van der Waals surface area contributed by atoms with Gasteiger partial charge in [-0.3, -0.25) is 4.79 Å². The molecule has 2 heterocycles. The van der Waals surface area contributed by atoms with Gasteiger partial charge in [0.05, 0.1) is 16.3 Å². The van der Waals surface area contributed by atoms with Crippen molar-refractivity contribution in [2.24, 2.45) is 5.92 Å². The van der Waals surface area contributed by atoms with Crippen LogP contribution in [-0.2, 0) is 10.0 Å². The number of carbonyl (C=O) groups is 1. The van der Waals surface area contributed by atoms with Gasteiger partial charge in [0, 0.05) is 24.6 Å². The van der Waals surface area contributed by atoms with Gasteiger partial charge in [-0.2, -0.15) is 0 Å². The average Bonchev–Trinajstić information content (AvgIpc) is 3.06. The molecule has 1 amide bonds. The summed E-state index contributed by atoms with van der Waals surface area (Å²) < 4.78 is 26.9. The van der Waals surface area contributed by atoms with E-state index in [1.807, 2.05) is 36.0 Å². The van der Waals surface area contributed by atoms with Crippen molar-refractivity contribution < 1.29 is 13.2 Å². The van der Waals surface area contributed by atoms with Gasteiger partial charge in [0.15, 0.2) is 0 Å². The summed E-state index contributed by atoms with van der Waals surface area (Å²) >= 11 is 6.11. The fourth-order valence-corrected chi connectivity index (χ4v) is 4.62. The minimum Gasteiger partial charge on any atom is -0.324 e. The van der Waals surface area contributed by atoms with E-state index < -0.39 is 15.9 Å². The highest BCUT2D eigenvalue weighted by Gasteiger charge is 2.38. The van der Waals surface area contributed by atoms with Crippen LogP contribution in [0.1, 0.15) is 17.3 Å². The van der Waals surface area contributed by atoms with Crippen molar-refractivity contribution in [1.82, 2.24) is 8.87 Å². The standard InChI is InChI=1S/C15H15ClN2O3S/c1-11-9-18(22(20,21)10-11)15(19)13-8-12(4-5-14(13)16)17-6-2-3-7-17/h2-8,11H,9-10H2,1H3. The first-order chi connectivity index (χ1) is 10.4. The number of halogens is 1. The van der Waals surface area contributed by atoms with Crippen LogP contribution in [-0.4, -0.2) is 35.5 Å². The molecule has 22 heavy (non-hydrogen) atoms. The normalized spacial score (nSPS) is 20.3. The first kappa shape index (κ1) is 15.1. The molecule has 1 saturated heterocycles. The Kier molecular flexibility index (Phi) is 3.74. The molecule has 0 aliphatic carbocycles. The Bertz CT molecular complexity index is 815. The highest BCUT2D eigenvalue weighted by molar-refractivity contribution is 7.89. The first-order valence-corrected chi connectivity index (χ1v) is 8.85. The third kappa shape index (κ3) is 2.64. The Morgan fingerprint density at radius 3 is 2.55 bits per heavy atom. The predicted molar refractivity (Wildman–Crippen MR) is 84.8 cm³/mol. The quantitative estimate of drug-likeness (QED) is 0.845. The van der Waals surface area contributed by atoms with Gasteiger partial charge < -0.3 is 4.57 Å². The van der Waals surface area contributed by atoms with Crippen molar-refractivity contribution in [3.05, 3.63) is 53.3 Å². The van der Waals surface area contributed by atoms with E-state index in [1.165, 1.54) is 0 Å². The Morgan fingerprint density at radius 2 is 1.95 bits per heavy atom. The molecule has 3 rings (SSSR count). The zero-order valence-electron chi connectivity index (χ0n) is 11.9. The van der Waals surface area contributed by atoms with Crippen molar-refractivity contribution >= 4 is 27.5 Å². The lowest BCUT2D eigenvalue weighted by Gasteiger charge is -2.16. The van der Waals surface area contributed by atoms with Gasteiger partial charge in [-0.25, -0.2) is 12.7 Å². The van der Waals surface area contributed by atoms with E-state index in [0.717, 1.165) is 9.99 Å². The van der Waals surface area contributed by atoms with Gasteiger partial charge in [0.25, 0.3) is 5.91 Å². The number of hydrogen-bond acceptors (Lipinski definition) is 3. The lowest BCUT2D eigenvalue weighted by Crippen LogP contribution is -2.33. The fraction of sp³-hybridized carbons (Fsp3) is 0.267. The molecule has 1 aliphatic rings. The molecule has 0 saturated carbocycles. The van der Waals surface area contributed by atoms with Crippen molar-refractivity contribution in [2.75, 3.05) is 12.3 Å². The third-order valence-electron chi connectivity index (χ3n) is 3.62. The van der Waals surface area contributed by atoms with Crippen LogP contribution in [0.4, 0.5) is 0 Å². The molecular weight excluding hydrogens is 324 g/mol. The van der Waals surface area contributed by atoms with Gasteiger partial charge >= 0.3 is 0 Å². The summed E-state index contributed by atoms with van der Waals surface area (Å²) in [6.45, 7) is 2.01. The minimum absolute atomic E-state index is 0.00630. The van der Waals surface area contributed by atoms with Crippen molar-refractivity contribution in [1.29, 1.82) is 0 Å².